The molecule has 0 unspecified atom stereocenters. The van der Waals surface area contributed by atoms with Gasteiger partial charge >= 0.3 is 0 Å². The lowest BCUT2D eigenvalue weighted by molar-refractivity contribution is 0.0895. The summed E-state index contributed by atoms with van der Waals surface area (Å²) in [6, 6.07) is 11.5. The van der Waals surface area contributed by atoms with Crippen LogP contribution < -0.4 is 5.32 Å². The summed E-state index contributed by atoms with van der Waals surface area (Å²) in [5.41, 5.74) is 1.46. The summed E-state index contributed by atoms with van der Waals surface area (Å²) in [4.78, 5) is 20.6. The third-order valence-electron chi connectivity index (χ3n) is 3.40. The Morgan fingerprint density at radius 1 is 1.21 bits per heavy atom. The number of anilines is 1. The maximum Gasteiger partial charge on any atom is 0.249 e. The van der Waals surface area contributed by atoms with Crippen LogP contribution in [0.15, 0.2) is 48.7 Å². The van der Waals surface area contributed by atoms with E-state index in [4.69, 9.17) is 0 Å². The molecule has 3 aromatic rings. The van der Waals surface area contributed by atoms with Crippen molar-refractivity contribution >= 4 is 11.9 Å². The number of halogens is 1. The predicted molar refractivity (Wildman–Crippen MR) is 87.9 cm³/mol. The highest BCUT2D eigenvalue weighted by Crippen LogP contribution is 2.16. The molecule has 0 bridgehead atoms. The van der Waals surface area contributed by atoms with Crippen LogP contribution in [0, 0.1) is 5.82 Å². The standard InChI is InChI=1S/C17H16FN5O/c1-2-15(24)23-17(20-11-12-6-8-13(18)9-7-12)21-16(22-23)14-5-3-4-10-19-14/h3-10H,2,11H2,1H3,(H,20,21,22). The quantitative estimate of drug-likeness (QED) is 0.780. The van der Waals surface area contributed by atoms with Crippen molar-refractivity contribution in [2.45, 2.75) is 19.9 Å². The second kappa shape index (κ2) is 6.99. The van der Waals surface area contributed by atoms with Crippen molar-refractivity contribution in [2.24, 2.45) is 0 Å². The fourth-order valence-electron chi connectivity index (χ4n) is 2.14. The number of rotatable bonds is 5. The number of carbonyl (C=O) groups excluding carboxylic acids is 1. The van der Waals surface area contributed by atoms with E-state index in [2.05, 4.69) is 20.4 Å². The van der Waals surface area contributed by atoms with E-state index in [9.17, 15) is 9.18 Å². The molecule has 24 heavy (non-hydrogen) atoms. The van der Waals surface area contributed by atoms with Gasteiger partial charge in [-0.05, 0) is 29.8 Å². The van der Waals surface area contributed by atoms with E-state index in [-0.39, 0.29) is 11.7 Å². The maximum atomic E-state index is 13.0. The van der Waals surface area contributed by atoms with E-state index in [1.165, 1.54) is 16.8 Å². The van der Waals surface area contributed by atoms with Crippen molar-refractivity contribution in [3.05, 3.63) is 60.0 Å². The summed E-state index contributed by atoms with van der Waals surface area (Å²) in [6.45, 7) is 2.16. The average Bonchev–Trinajstić information content (AvgIpc) is 3.05. The van der Waals surface area contributed by atoms with Gasteiger partial charge in [-0.3, -0.25) is 9.78 Å². The Labute approximate surface area is 138 Å². The van der Waals surface area contributed by atoms with Gasteiger partial charge < -0.3 is 5.32 Å². The van der Waals surface area contributed by atoms with Crippen LogP contribution >= 0.6 is 0 Å². The first kappa shape index (κ1) is 15.8. The molecular formula is C17H16FN5O. The highest BCUT2D eigenvalue weighted by atomic mass is 19.1. The van der Waals surface area contributed by atoms with Gasteiger partial charge in [0.1, 0.15) is 11.5 Å². The minimum atomic E-state index is -0.291. The second-order valence-electron chi connectivity index (χ2n) is 5.11. The molecule has 0 amide bonds. The van der Waals surface area contributed by atoms with Crippen LogP contribution in [0.4, 0.5) is 10.3 Å². The van der Waals surface area contributed by atoms with Crippen LogP contribution in [0.2, 0.25) is 0 Å². The molecule has 2 aromatic heterocycles. The first-order chi connectivity index (χ1) is 11.7. The van der Waals surface area contributed by atoms with E-state index in [0.29, 0.717) is 30.4 Å². The fourth-order valence-corrected chi connectivity index (χ4v) is 2.14. The summed E-state index contributed by atoms with van der Waals surface area (Å²) in [5.74, 6) is 0.248. The van der Waals surface area contributed by atoms with Crippen LogP contribution in [-0.4, -0.2) is 25.7 Å². The molecule has 7 heteroatoms. The number of nitrogens with zero attached hydrogens (tertiary/aromatic N) is 4. The van der Waals surface area contributed by atoms with Gasteiger partial charge in [0.05, 0.1) is 0 Å². The molecule has 122 valence electrons. The smallest absolute Gasteiger partial charge is 0.249 e. The van der Waals surface area contributed by atoms with Gasteiger partial charge in [0, 0.05) is 19.2 Å². The van der Waals surface area contributed by atoms with E-state index in [0.717, 1.165) is 5.56 Å². The zero-order chi connectivity index (χ0) is 16.9. The number of nitrogens with one attached hydrogen (secondary N) is 1. The number of hydrogen-bond acceptors (Lipinski definition) is 5. The van der Waals surface area contributed by atoms with Gasteiger partial charge in [-0.25, -0.2) is 4.39 Å². The fraction of sp³-hybridized carbons (Fsp3) is 0.176. The number of carbonyl (C=O) groups is 1. The molecule has 6 nitrogen and oxygen atoms in total. The molecule has 0 spiro atoms. The van der Waals surface area contributed by atoms with Crippen molar-refractivity contribution < 1.29 is 9.18 Å². The lowest BCUT2D eigenvalue weighted by Gasteiger charge is -2.06. The van der Waals surface area contributed by atoms with Crippen molar-refractivity contribution in [3.8, 4) is 11.5 Å². The highest BCUT2D eigenvalue weighted by molar-refractivity contribution is 5.81. The molecule has 1 N–H and O–H groups in total. The summed E-state index contributed by atoms with van der Waals surface area (Å²) in [5, 5.41) is 7.32. The monoisotopic (exact) mass is 325 g/mol. The molecule has 2 heterocycles. The molecule has 0 atom stereocenters. The molecule has 0 saturated heterocycles. The Hall–Kier alpha value is -3.09. The van der Waals surface area contributed by atoms with Crippen LogP contribution in [0.3, 0.4) is 0 Å². The van der Waals surface area contributed by atoms with Gasteiger partial charge in [0.15, 0.2) is 0 Å². The molecule has 0 radical (unpaired) electrons. The van der Waals surface area contributed by atoms with Gasteiger partial charge in [0.2, 0.25) is 17.7 Å². The van der Waals surface area contributed by atoms with Gasteiger partial charge in [0.25, 0.3) is 0 Å². The molecule has 0 aliphatic carbocycles. The lowest BCUT2D eigenvalue weighted by Crippen LogP contribution is -2.15. The highest BCUT2D eigenvalue weighted by Gasteiger charge is 2.16. The molecule has 0 aliphatic rings. The Morgan fingerprint density at radius 2 is 2.00 bits per heavy atom. The van der Waals surface area contributed by atoms with Crippen LogP contribution in [0.25, 0.3) is 11.5 Å². The number of benzene rings is 1. The van der Waals surface area contributed by atoms with Gasteiger partial charge in [-0.1, -0.05) is 25.1 Å². The van der Waals surface area contributed by atoms with E-state index < -0.39 is 0 Å². The second-order valence-corrected chi connectivity index (χ2v) is 5.11. The van der Waals surface area contributed by atoms with E-state index in [1.807, 2.05) is 6.07 Å². The van der Waals surface area contributed by atoms with Crippen LogP contribution in [-0.2, 0) is 6.54 Å². The minimum Gasteiger partial charge on any atom is -0.350 e. The molecule has 0 fully saturated rings. The van der Waals surface area contributed by atoms with Crippen molar-refractivity contribution in [2.75, 3.05) is 5.32 Å². The normalized spacial score (nSPS) is 10.6. The maximum absolute atomic E-state index is 13.0. The largest absolute Gasteiger partial charge is 0.350 e. The van der Waals surface area contributed by atoms with Gasteiger partial charge in [-0.2, -0.15) is 9.67 Å². The first-order valence-electron chi connectivity index (χ1n) is 7.57. The minimum absolute atomic E-state index is 0.175. The number of hydrogen-bond donors (Lipinski definition) is 1. The zero-order valence-electron chi connectivity index (χ0n) is 13.1. The third kappa shape index (κ3) is 3.45. The first-order valence-corrected chi connectivity index (χ1v) is 7.57. The predicted octanol–water partition coefficient (Wildman–Crippen LogP) is 3.14. The third-order valence-corrected chi connectivity index (χ3v) is 3.40. The lowest BCUT2D eigenvalue weighted by atomic mass is 10.2. The zero-order valence-corrected chi connectivity index (χ0v) is 13.1. The molecular weight excluding hydrogens is 309 g/mol. The summed E-state index contributed by atoms with van der Waals surface area (Å²) in [7, 11) is 0. The summed E-state index contributed by atoms with van der Waals surface area (Å²) in [6.07, 6.45) is 1.94. The molecule has 0 aliphatic heterocycles. The topological polar surface area (TPSA) is 72.7 Å². The SMILES string of the molecule is CCC(=O)n1nc(-c2ccccn2)nc1NCc1ccc(F)cc1. The summed E-state index contributed by atoms with van der Waals surface area (Å²) < 4.78 is 14.2. The summed E-state index contributed by atoms with van der Waals surface area (Å²) >= 11 is 0. The van der Waals surface area contributed by atoms with Crippen molar-refractivity contribution in [1.82, 2.24) is 19.7 Å². The number of pyridine rings is 1. The molecule has 0 saturated carbocycles. The van der Waals surface area contributed by atoms with E-state index >= 15 is 0 Å². The Balaban J connectivity index is 1.86. The number of aromatic nitrogens is 4. The van der Waals surface area contributed by atoms with Crippen molar-refractivity contribution in [1.29, 1.82) is 0 Å². The van der Waals surface area contributed by atoms with Crippen molar-refractivity contribution in [3.63, 3.8) is 0 Å². The molecule has 1 aromatic carbocycles. The average molecular weight is 325 g/mol. The van der Waals surface area contributed by atoms with Crippen LogP contribution in [0.1, 0.15) is 23.7 Å². The Kier molecular flexibility index (Phi) is 4.60. The van der Waals surface area contributed by atoms with Gasteiger partial charge in [-0.15, -0.1) is 5.10 Å². The Morgan fingerprint density at radius 3 is 2.67 bits per heavy atom. The van der Waals surface area contributed by atoms with E-state index in [1.54, 1.807) is 37.4 Å². The Bertz CT molecular complexity index is 830. The molecule has 3 rings (SSSR count). The van der Waals surface area contributed by atoms with Crippen LogP contribution in [0.5, 0.6) is 0 Å².